The number of halogens is 1. The minimum Gasteiger partial charge on any atom is -0.491 e. The van der Waals surface area contributed by atoms with E-state index >= 15 is 0 Å². The van der Waals surface area contributed by atoms with E-state index in [9.17, 15) is 17.6 Å². The summed E-state index contributed by atoms with van der Waals surface area (Å²) in [4.78, 5) is 12.5. The molecule has 0 unspecified atom stereocenters. The molecule has 0 saturated carbocycles. The highest BCUT2D eigenvalue weighted by Gasteiger charge is 2.29. The summed E-state index contributed by atoms with van der Waals surface area (Å²) in [5, 5.41) is 2.66. The van der Waals surface area contributed by atoms with Crippen LogP contribution >= 0.6 is 0 Å². The third-order valence-corrected chi connectivity index (χ3v) is 5.40. The third-order valence-electron chi connectivity index (χ3n) is 4.15. The molecule has 1 N–H and O–H groups in total. The van der Waals surface area contributed by atoms with Crippen molar-refractivity contribution in [3.8, 4) is 5.75 Å². The second-order valence-electron chi connectivity index (χ2n) is 6.62. The molecular formula is C20H25FN2O4S. The fourth-order valence-electron chi connectivity index (χ4n) is 2.77. The van der Waals surface area contributed by atoms with Crippen LogP contribution in [0.5, 0.6) is 5.75 Å². The van der Waals surface area contributed by atoms with Crippen LogP contribution in [0.1, 0.15) is 18.1 Å². The van der Waals surface area contributed by atoms with E-state index in [1.54, 1.807) is 0 Å². The monoisotopic (exact) mass is 408 g/mol. The molecule has 1 amide bonds. The highest BCUT2D eigenvalue weighted by atomic mass is 32.2. The number of amides is 1. The summed E-state index contributed by atoms with van der Waals surface area (Å²) in [5.41, 5.74) is 2.15. The summed E-state index contributed by atoms with van der Waals surface area (Å²) in [6.45, 7) is 5.78. The Kier molecular flexibility index (Phi) is 7.01. The fraction of sp³-hybridized carbons (Fsp3) is 0.350. The Morgan fingerprint density at radius 2 is 1.93 bits per heavy atom. The van der Waals surface area contributed by atoms with Crippen LogP contribution in [0, 0.1) is 19.7 Å². The molecule has 2 aromatic carbocycles. The highest BCUT2D eigenvalue weighted by molar-refractivity contribution is 7.92. The zero-order chi connectivity index (χ0) is 20.9. The standard InChI is InChI=1S/C20H25FN2O4S/c1-14-8-9-15(2)19(12-14)27-11-10-22-20(24)16(3)23(28(4,25)26)18-7-5-6-17(21)13-18/h5-9,12-13,16H,10-11H2,1-4H3,(H,22,24)/t16-/m0/s1. The highest BCUT2D eigenvalue weighted by Crippen LogP contribution is 2.22. The van der Waals surface area contributed by atoms with Crippen LogP contribution < -0.4 is 14.4 Å². The largest absolute Gasteiger partial charge is 0.491 e. The molecule has 28 heavy (non-hydrogen) atoms. The van der Waals surface area contributed by atoms with Crippen molar-refractivity contribution in [2.75, 3.05) is 23.7 Å². The average molecular weight is 408 g/mol. The van der Waals surface area contributed by atoms with Gasteiger partial charge in [-0.3, -0.25) is 9.10 Å². The summed E-state index contributed by atoms with van der Waals surface area (Å²) in [6.07, 6.45) is 0.977. The lowest BCUT2D eigenvalue weighted by Crippen LogP contribution is -2.48. The Balaban J connectivity index is 2.00. The van der Waals surface area contributed by atoms with Crippen LogP contribution in [0.3, 0.4) is 0 Å². The van der Waals surface area contributed by atoms with Gasteiger partial charge >= 0.3 is 0 Å². The lowest BCUT2D eigenvalue weighted by molar-refractivity contribution is -0.121. The molecule has 8 heteroatoms. The van der Waals surface area contributed by atoms with E-state index < -0.39 is 27.8 Å². The Morgan fingerprint density at radius 1 is 1.21 bits per heavy atom. The third kappa shape index (κ3) is 5.69. The molecule has 1 atom stereocenters. The summed E-state index contributed by atoms with van der Waals surface area (Å²) in [6, 6.07) is 9.93. The van der Waals surface area contributed by atoms with Crippen LogP contribution in [0.15, 0.2) is 42.5 Å². The molecule has 152 valence electrons. The van der Waals surface area contributed by atoms with Crippen molar-refractivity contribution in [1.29, 1.82) is 0 Å². The molecule has 0 aliphatic carbocycles. The number of benzene rings is 2. The van der Waals surface area contributed by atoms with Gasteiger partial charge in [0.05, 0.1) is 18.5 Å². The Bertz CT molecular complexity index is 947. The van der Waals surface area contributed by atoms with E-state index in [0.717, 1.165) is 33.5 Å². The average Bonchev–Trinajstić information content (AvgIpc) is 2.60. The molecule has 2 rings (SSSR count). The van der Waals surface area contributed by atoms with Gasteiger partial charge in [0, 0.05) is 0 Å². The zero-order valence-electron chi connectivity index (χ0n) is 16.4. The number of anilines is 1. The molecule has 0 saturated heterocycles. The SMILES string of the molecule is Cc1ccc(C)c(OCCNC(=O)[C@H](C)N(c2cccc(F)c2)S(C)(=O)=O)c1. The predicted octanol–water partition coefficient (Wildman–Crippen LogP) is 2.79. The van der Waals surface area contributed by atoms with Gasteiger partial charge in [-0.25, -0.2) is 12.8 Å². The first kappa shape index (κ1) is 21.7. The number of carbonyl (C=O) groups is 1. The van der Waals surface area contributed by atoms with E-state index in [-0.39, 0.29) is 18.8 Å². The van der Waals surface area contributed by atoms with Gasteiger partial charge < -0.3 is 10.1 Å². The molecule has 0 heterocycles. The van der Waals surface area contributed by atoms with Crippen molar-refractivity contribution >= 4 is 21.6 Å². The summed E-state index contributed by atoms with van der Waals surface area (Å²) < 4.78 is 44.4. The molecule has 0 aromatic heterocycles. The second-order valence-corrected chi connectivity index (χ2v) is 8.48. The Morgan fingerprint density at radius 3 is 2.57 bits per heavy atom. The summed E-state index contributed by atoms with van der Waals surface area (Å²) in [7, 11) is -3.79. The van der Waals surface area contributed by atoms with E-state index in [1.165, 1.54) is 25.1 Å². The van der Waals surface area contributed by atoms with Gasteiger partial charge in [-0.1, -0.05) is 18.2 Å². The van der Waals surface area contributed by atoms with Gasteiger partial charge in [-0.05, 0) is 56.2 Å². The van der Waals surface area contributed by atoms with Crippen LogP contribution in [0.25, 0.3) is 0 Å². The maximum Gasteiger partial charge on any atom is 0.243 e. The fourth-order valence-corrected chi connectivity index (χ4v) is 3.93. The maximum absolute atomic E-state index is 13.5. The number of aryl methyl sites for hydroxylation is 2. The van der Waals surface area contributed by atoms with Crippen LogP contribution in [0.2, 0.25) is 0 Å². The topological polar surface area (TPSA) is 75.7 Å². The van der Waals surface area contributed by atoms with Gasteiger partial charge in [0.25, 0.3) is 0 Å². The van der Waals surface area contributed by atoms with Crippen molar-refractivity contribution in [3.05, 3.63) is 59.4 Å². The van der Waals surface area contributed by atoms with Crippen molar-refractivity contribution in [2.45, 2.75) is 26.8 Å². The second kappa shape index (κ2) is 9.05. The van der Waals surface area contributed by atoms with Gasteiger partial charge in [-0.15, -0.1) is 0 Å². The van der Waals surface area contributed by atoms with E-state index in [2.05, 4.69) is 5.32 Å². The van der Waals surface area contributed by atoms with Crippen molar-refractivity contribution in [3.63, 3.8) is 0 Å². The number of carbonyl (C=O) groups excluding carboxylic acids is 1. The van der Waals surface area contributed by atoms with E-state index in [4.69, 9.17) is 4.74 Å². The van der Waals surface area contributed by atoms with E-state index in [0.29, 0.717) is 0 Å². The number of hydrogen-bond acceptors (Lipinski definition) is 4. The number of nitrogens with zero attached hydrogens (tertiary/aromatic N) is 1. The first-order chi connectivity index (χ1) is 13.1. The van der Waals surface area contributed by atoms with Crippen molar-refractivity contribution in [1.82, 2.24) is 5.32 Å². The Hall–Kier alpha value is -2.61. The molecule has 2 aromatic rings. The zero-order valence-corrected chi connectivity index (χ0v) is 17.2. The molecule has 0 spiro atoms. The van der Waals surface area contributed by atoms with Crippen molar-refractivity contribution in [2.24, 2.45) is 0 Å². The van der Waals surface area contributed by atoms with Gasteiger partial charge in [-0.2, -0.15) is 0 Å². The molecule has 6 nitrogen and oxygen atoms in total. The quantitative estimate of drug-likeness (QED) is 0.682. The predicted molar refractivity (Wildman–Crippen MR) is 108 cm³/mol. The van der Waals surface area contributed by atoms with E-state index in [1.807, 2.05) is 32.0 Å². The number of ether oxygens (including phenoxy) is 1. The normalized spacial score (nSPS) is 12.3. The van der Waals surface area contributed by atoms with Crippen LogP contribution in [-0.2, 0) is 14.8 Å². The van der Waals surface area contributed by atoms with Crippen molar-refractivity contribution < 1.29 is 22.3 Å². The maximum atomic E-state index is 13.5. The van der Waals surface area contributed by atoms with Crippen LogP contribution in [-0.4, -0.2) is 39.8 Å². The summed E-state index contributed by atoms with van der Waals surface area (Å²) in [5.74, 6) is -0.347. The first-order valence-corrected chi connectivity index (χ1v) is 10.7. The number of sulfonamides is 1. The molecule has 0 radical (unpaired) electrons. The minimum absolute atomic E-state index is 0.0942. The molecular weight excluding hydrogens is 383 g/mol. The molecule has 0 fully saturated rings. The molecule has 0 aliphatic rings. The summed E-state index contributed by atoms with van der Waals surface area (Å²) >= 11 is 0. The first-order valence-electron chi connectivity index (χ1n) is 8.82. The van der Waals surface area contributed by atoms with Gasteiger partial charge in [0.2, 0.25) is 15.9 Å². The Labute approximate surface area is 165 Å². The van der Waals surface area contributed by atoms with Crippen LogP contribution in [0.4, 0.5) is 10.1 Å². The minimum atomic E-state index is -3.79. The number of rotatable bonds is 8. The lowest BCUT2D eigenvalue weighted by Gasteiger charge is -2.28. The molecule has 0 aliphatic heterocycles. The molecule has 0 bridgehead atoms. The van der Waals surface area contributed by atoms with Gasteiger partial charge in [0.15, 0.2) is 0 Å². The van der Waals surface area contributed by atoms with Gasteiger partial charge in [0.1, 0.15) is 24.2 Å². The lowest BCUT2D eigenvalue weighted by atomic mass is 10.1. The smallest absolute Gasteiger partial charge is 0.243 e. The number of hydrogen-bond donors (Lipinski definition) is 1. The number of nitrogens with one attached hydrogen (secondary N) is 1.